The van der Waals surface area contributed by atoms with Crippen LogP contribution in [0.4, 0.5) is 5.69 Å². The van der Waals surface area contributed by atoms with Crippen LogP contribution in [-0.4, -0.2) is 46.0 Å². The number of anilines is 1. The Morgan fingerprint density at radius 3 is 2.78 bits per heavy atom. The van der Waals surface area contributed by atoms with Gasteiger partial charge in [0.15, 0.2) is 0 Å². The maximum Gasteiger partial charge on any atom is 0.260 e. The van der Waals surface area contributed by atoms with Crippen molar-refractivity contribution in [3.05, 3.63) is 28.2 Å². The number of aromatic nitrogens is 1. The number of nitrogens with one attached hydrogen (secondary N) is 2. The second kappa shape index (κ2) is 6.54. The summed E-state index contributed by atoms with van der Waals surface area (Å²) >= 11 is 0. The van der Waals surface area contributed by atoms with Gasteiger partial charge >= 0.3 is 0 Å². The average Bonchev–Trinajstić information content (AvgIpc) is 2.57. The van der Waals surface area contributed by atoms with Crippen molar-refractivity contribution >= 4 is 17.5 Å². The predicted molar refractivity (Wildman–Crippen MR) is 86.3 cm³/mol. The minimum atomic E-state index is -0.494. The number of aromatic amines is 1. The summed E-state index contributed by atoms with van der Waals surface area (Å²) in [6.07, 6.45) is 2.00. The van der Waals surface area contributed by atoms with Crippen molar-refractivity contribution < 1.29 is 14.7 Å². The maximum absolute atomic E-state index is 12.7. The van der Waals surface area contributed by atoms with Crippen molar-refractivity contribution in [2.75, 3.05) is 18.4 Å². The fourth-order valence-electron chi connectivity index (χ4n) is 2.97. The van der Waals surface area contributed by atoms with Crippen molar-refractivity contribution in [3.63, 3.8) is 0 Å². The quantitative estimate of drug-likeness (QED) is 0.755. The van der Waals surface area contributed by atoms with Crippen LogP contribution in [0.15, 0.2) is 17.1 Å². The van der Waals surface area contributed by atoms with Gasteiger partial charge in [0.05, 0.1) is 11.8 Å². The highest BCUT2D eigenvalue weighted by molar-refractivity contribution is 5.96. The van der Waals surface area contributed by atoms with E-state index in [1.165, 1.54) is 19.2 Å². The Balaban J connectivity index is 2.28. The number of H-pyrrole nitrogens is 1. The summed E-state index contributed by atoms with van der Waals surface area (Å²) in [5.74, 6) is -0.671. The molecule has 3 N–H and O–H groups in total. The molecule has 1 aliphatic rings. The normalized spacial score (nSPS) is 20.7. The zero-order valence-corrected chi connectivity index (χ0v) is 13.7. The first-order valence-electron chi connectivity index (χ1n) is 7.65. The Labute approximate surface area is 134 Å². The third-order valence-corrected chi connectivity index (χ3v) is 3.88. The zero-order chi connectivity index (χ0) is 17.2. The topological polar surface area (TPSA) is 102 Å². The van der Waals surface area contributed by atoms with Gasteiger partial charge < -0.3 is 20.3 Å². The van der Waals surface area contributed by atoms with E-state index in [1.54, 1.807) is 4.90 Å². The Morgan fingerprint density at radius 1 is 1.43 bits per heavy atom. The largest absolute Gasteiger partial charge is 0.393 e. The van der Waals surface area contributed by atoms with Crippen LogP contribution >= 0.6 is 0 Å². The summed E-state index contributed by atoms with van der Waals surface area (Å²) in [5, 5.41) is 12.5. The lowest BCUT2D eigenvalue weighted by Crippen LogP contribution is -2.39. The highest BCUT2D eigenvalue weighted by Gasteiger charge is 2.32. The van der Waals surface area contributed by atoms with Crippen molar-refractivity contribution in [3.8, 4) is 0 Å². The van der Waals surface area contributed by atoms with Gasteiger partial charge in [-0.1, -0.05) is 13.8 Å². The third-order valence-electron chi connectivity index (χ3n) is 3.88. The molecule has 1 atom stereocenters. The molecule has 0 spiro atoms. The summed E-state index contributed by atoms with van der Waals surface area (Å²) in [6, 6.07) is 1.39. The lowest BCUT2D eigenvalue weighted by atomic mass is 9.87. The number of rotatable bonds is 2. The molecule has 0 aromatic carbocycles. The summed E-state index contributed by atoms with van der Waals surface area (Å²) < 4.78 is 0. The minimum absolute atomic E-state index is 0.0107. The molecule has 7 nitrogen and oxygen atoms in total. The molecule has 0 radical (unpaired) electrons. The van der Waals surface area contributed by atoms with E-state index in [0.29, 0.717) is 31.6 Å². The lowest BCUT2D eigenvalue weighted by Gasteiger charge is -2.29. The van der Waals surface area contributed by atoms with E-state index in [2.05, 4.69) is 10.3 Å². The van der Waals surface area contributed by atoms with E-state index < -0.39 is 11.7 Å². The van der Waals surface area contributed by atoms with E-state index in [9.17, 15) is 19.5 Å². The molecule has 0 bridgehead atoms. The monoisotopic (exact) mass is 321 g/mol. The Kier molecular flexibility index (Phi) is 4.89. The molecule has 0 saturated carbocycles. The van der Waals surface area contributed by atoms with Crippen LogP contribution < -0.4 is 10.9 Å². The van der Waals surface area contributed by atoms with Gasteiger partial charge in [-0.15, -0.1) is 0 Å². The van der Waals surface area contributed by atoms with Gasteiger partial charge in [-0.25, -0.2) is 0 Å². The van der Waals surface area contributed by atoms with E-state index in [0.717, 1.165) is 0 Å². The van der Waals surface area contributed by atoms with E-state index >= 15 is 0 Å². The smallest absolute Gasteiger partial charge is 0.260 e. The van der Waals surface area contributed by atoms with Gasteiger partial charge in [-0.2, -0.15) is 0 Å². The van der Waals surface area contributed by atoms with Crippen LogP contribution in [0, 0.1) is 5.41 Å². The molecule has 2 rings (SSSR count). The van der Waals surface area contributed by atoms with Gasteiger partial charge in [0, 0.05) is 26.2 Å². The number of likely N-dealkylation sites (tertiary alicyclic amines) is 1. The number of hydrogen-bond donors (Lipinski definition) is 3. The zero-order valence-electron chi connectivity index (χ0n) is 13.7. The van der Waals surface area contributed by atoms with Gasteiger partial charge in [0.1, 0.15) is 5.56 Å². The Hall–Kier alpha value is -2.15. The van der Waals surface area contributed by atoms with Gasteiger partial charge in [-0.3, -0.25) is 14.4 Å². The van der Waals surface area contributed by atoms with Gasteiger partial charge in [0.2, 0.25) is 5.91 Å². The number of aliphatic hydroxyl groups is 1. The fourth-order valence-corrected chi connectivity index (χ4v) is 2.97. The number of nitrogens with zero attached hydrogens (tertiary/aromatic N) is 1. The summed E-state index contributed by atoms with van der Waals surface area (Å²) in [4.78, 5) is 39.9. The molecule has 1 aromatic heterocycles. The van der Waals surface area contributed by atoms with Crippen molar-refractivity contribution in [2.45, 2.75) is 39.7 Å². The third kappa shape index (κ3) is 4.41. The molecule has 1 fully saturated rings. The number of pyridine rings is 1. The molecular weight excluding hydrogens is 298 g/mol. The maximum atomic E-state index is 12.7. The number of amides is 2. The number of carbonyl (C=O) groups is 2. The van der Waals surface area contributed by atoms with Crippen LogP contribution in [-0.2, 0) is 4.79 Å². The van der Waals surface area contributed by atoms with Crippen molar-refractivity contribution in [1.29, 1.82) is 0 Å². The molecule has 1 saturated heterocycles. The molecule has 0 aliphatic carbocycles. The second-order valence-electron chi connectivity index (χ2n) is 6.85. The molecule has 1 unspecified atom stereocenters. The average molecular weight is 321 g/mol. The summed E-state index contributed by atoms with van der Waals surface area (Å²) in [7, 11) is 0. The second-order valence-corrected chi connectivity index (χ2v) is 6.85. The molecule has 1 aromatic rings. The summed E-state index contributed by atoms with van der Waals surface area (Å²) in [6.45, 7) is 6.19. The van der Waals surface area contributed by atoms with E-state index in [-0.39, 0.29) is 22.8 Å². The van der Waals surface area contributed by atoms with Crippen LogP contribution in [0.1, 0.15) is 44.0 Å². The fraction of sp³-hybridized carbons (Fsp3) is 0.562. The van der Waals surface area contributed by atoms with Crippen LogP contribution in [0.25, 0.3) is 0 Å². The first-order valence-corrected chi connectivity index (χ1v) is 7.65. The first kappa shape index (κ1) is 17.2. The van der Waals surface area contributed by atoms with E-state index in [4.69, 9.17) is 0 Å². The number of carbonyl (C=O) groups excluding carboxylic acids is 2. The molecular formula is C16H23N3O4. The SMILES string of the molecule is CC(=O)Nc1c[nH]c(=O)c(C(=O)N2CCC(O)CC(C)(C)C2)c1. The summed E-state index contributed by atoms with van der Waals surface area (Å²) in [5.41, 5.74) is -0.363. The van der Waals surface area contributed by atoms with Crippen LogP contribution in [0.2, 0.25) is 0 Å². The van der Waals surface area contributed by atoms with Gasteiger partial charge in [0.25, 0.3) is 11.5 Å². The Bertz CT molecular complexity index is 666. The van der Waals surface area contributed by atoms with Crippen LogP contribution in [0.5, 0.6) is 0 Å². The number of aliphatic hydroxyl groups excluding tert-OH is 1. The van der Waals surface area contributed by atoms with Gasteiger partial charge in [-0.05, 0) is 24.3 Å². The first-order chi connectivity index (χ1) is 10.7. The Morgan fingerprint density at radius 2 is 2.13 bits per heavy atom. The lowest BCUT2D eigenvalue weighted by molar-refractivity contribution is -0.114. The highest BCUT2D eigenvalue weighted by atomic mass is 16.3. The molecule has 2 heterocycles. The standard InChI is InChI=1S/C16H23N3O4/c1-10(20)18-11-6-13(14(22)17-8-11)15(23)19-5-4-12(21)7-16(2,3)9-19/h6,8,12,21H,4-5,7,9H2,1-3H3,(H,17,22)(H,18,20). The number of hydrogen-bond acceptors (Lipinski definition) is 4. The molecule has 2 amide bonds. The van der Waals surface area contributed by atoms with Crippen molar-refractivity contribution in [2.24, 2.45) is 5.41 Å². The van der Waals surface area contributed by atoms with Crippen molar-refractivity contribution in [1.82, 2.24) is 9.88 Å². The molecule has 126 valence electrons. The minimum Gasteiger partial charge on any atom is -0.393 e. The highest BCUT2D eigenvalue weighted by Crippen LogP contribution is 2.29. The van der Waals surface area contributed by atoms with E-state index in [1.807, 2.05) is 13.8 Å². The molecule has 1 aliphatic heterocycles. The molecule has 7 heteroatoms. The molecule has 23 heavy (non-hydrogen) atoms. The predicted octanol–water partition coefficient (Wildman–Crippen LogP) is 0.956. The van der Waals surface area contributed by atoms with Crippen LogP contribution in [0.3, 0.4) is 0 Å².